The van der Waals surface area contributed by atoms with Gasteiger partial charge >= 0.3 is 0 Å². The van der Waals surface area contributed by atoms with Crippen LogP contribution in [0.25, 0.3) is 0 Å². The van der Waals surface area contributed by atoms with E-state index in [0.29, 0.717) is 23.9 Å². The van der Waals surface area contributed by atoms with Crippen LogP contribution < -0.4 is 16.0 Å². The second-order valence-corrected chi connectivity index (χ2v) is 7.24. The lowest BCUT2D eigenvalue weighted by Crippen LogP contribution is -2.42. The third-order valence-electron chi connectivity index (χ3n) is 3.18. The summed E-state index contributed by atoms with van der Waals surface area (Å²) < 4.78 is 0. The smallest absolute Gasteiger partial charge is 0.263 e. The van der Waals surface area contributed by atoms with Gasteiger partial charge in [0.2, 0.25) is 0 Å². The van der Waals surface area contributed by atoms with Gasteiger partial charge in [-0.1, -0.05) is 0 Å². The van der Waals surface area contributed by atoms with Gasteiger partial charge in [0.05, 0.1) is 16.2 Å². The highest BCUT2D eigenvalue weighted by Gasteiger charge is 2.10. The third-order valence-corrected chi connectivity index (χ3v) is 5.08. The Balaban J connectivity index is 1.63. The molecule has 9 heteroatoms. The van der Waals surface area contributed by atoms with E-state index in [4.69, 9.17) is 0 Å². The normalized spacial score (nSPS) is 11.4. The first-order valence-corrected chi connectivity index (χ1v) is 9.34. The predicted octanol–water partition coefficient (Wildman–Crippen LogP) is 1.35. The standard InChI is InChI=1S/C15H22N6OS2/c1-10-8-20-12(24-10)4-5-18-15(16-3)19-7-6-17-14(22)13-11(2)21-9-23-13/h8-9H,4-7H2,1-3H3,(H,17,22)(H2,16,18,19). The highest BCUT2D eigenvalue weighted by atomic mass is 32.1. The van der Waals surface area contributed by atoms with Crippen LogP contribution in [0.3, 0.4) is 0 Å². The van der Waals surface area contributed by atoms with Gasteiger partial charge in [0, 0.05) is 44.2 Å². The van der Waals surface area contributed by atoms with Gasteiger partial charge < -0.3 is 16.0 Å². The SMILES string of the molecule is CN=C(NCCNC(=O)c1scnc1C)NCCc1ncc(C)s1. The Hall–Kier alpha value is -2.00. The average Bonchev–Trinajstić information content (AvgIpc) is 3.17. The molecule has 0 aliphatic rings. The number of carbonyl (C=O) groups is 1. The van der Waals surface area contributed by atoms with Crippen LogP contribution in [-0.4, -0.2) is 48.5 Å². The van der Waals surface area contributed by atoms with Gasteiger partial charge in [0.25, 0.3) is 5.91 Å². The van der Waals surface area contributed by atoms with Crippen LogP contribution in [0.2, 0.25) is 0 Å². The topological polar surface area (TPSA) is 91.3 Å². The lowest BCUT2D eigenvalue weighted by atomic mass is 10.4. The summed E-state index contributed by atoms with van der Waals surface area (Å²) in [6.07, 6.45) is 2.75. The van der Waals surface area contributed by atoms with E-state index in [-0.39, 0.29) is 5.91 Å². The first-order chi connectivity index (χ1) is 11.6. The van der Waals surface area contributed by atoms with Gasteiger partial charge in [0.15, 0.2) is 5.96 Å². The maximum Gasteiger partial charge on any atom is 0.263 e. The van der Waals surface area contributed by atoms with Crippen molar-refractivity contribution in [3.63, 3.8) is 0 Å². The second kappa shape index (κ2) is 9.33. The summed E-state index contributed by atoms with van der Waals surface area (Å²) in [5, 5.41) is 10.4. The number of hydrogen-bond donors (Lipinski definition) is 3. The minimum absolute atomic E-state index is 0.0844. The summed E-state index contributed by atoms with van der Waals surface area (Å²) in [4.78, 5) is 26.4. The van der Waals surface area contributed by atoms with E-state index in [1.165, 1.54) is 16.2 Å². The van der Waals surface area contributed by atoms with Crippen molar-refractivity contribution in [2.75, 3.05) is 26.7 Å². The number of amides is 1. The molecule has 2 aromatic rings. The summed E-state index contributed by atoms with van der Waals surface area (Å²) in [6, 6.07) is 0. The van der Waals surface area contributed by atoms with Crippen molar-refractivity contribution < 1.29 is 4.79 Å². The van der Waals surface area contributed by atoms with E-state index in [2.05, 4.69) is 37.8 Å². The van der Waals surface area contributed by atoms with Gasteiger partial charge in [-0.25, -0.2) is 9.97 Å². The fraction of sp³-hybridized carbons (Fsp3) is 0.467. The van der Waals surface area contributed by atoms with Crippen molar-refractivity contribution in [2.45, 2.75) is 20.3 Å². The van der Waals surface area contributed by atoms with E-state index in [9.17, 15) is 4.79 Å². The number of thiazole rings is 2. The fourth-order valence-corrected chi connectivity index (χ4v) is 3.49. The Bertz CT molecular complexity index is 694. The number of aliphatic imine (C=N–C) groups is 1. The number of aromatic nitrogens is 2. The maximum absolute atomic E-state index is 12.0. The van der Waals surface area contributed by atoms with Crippen LogP contribution in [0.15, 0.2) is 16.7 Å². The monoisotopic (exact) mass is 366 g/mol. The molecule has 0 aromatic carbocycles. The van der Waals surface area contributed by atoms with E-state index in [0.717, 1.165) is 23.7 Å². The molecule has 7 nitrogen and oxygen atoms in total. The Morgan fingerprint density at radius 3 is 2.54 bits per heavy atom. The number of carbonyl (C=O) groups excluding carboxylic acids is 1. The number of aryl methyl sites for hydroxylation is 2. The largest absolute Gasteiger partial charge is 0.356 e. The Kier molecular flexibility index (Phi) is 7.13. The van der Waals surface area contributed by atoms with Crippen molar-refractivity contribution >= 4 is 34.5 Å². The molecule has 0 aliphatic heterocycles. The number of guanidine groups is 1. The number of nitrogens with zero attached hydrogens (tertiary/aromatic N) is 3. The van der Waals surface area contributed by atoms with Crippen molar-refractivity contribution in [1.82, 2.24) is 25.9 Å². The Morgan fingerprint density at radius 1 is 1.17 bits per heavy atom. The zero-order chi connectivity index (χ0) is 17.4. The van der Waals surface area contributed by atoms with Crippen molar-refractivity contribution in [2.24, 2.45) is 4.99 Å². The molecule has 0 atom stereocenters. The molecule has 0 bridgehead atoms. The Morgan fingerprint density at radius 2 is 1.92 bits per heavy atom. The molecule has 0 saturated heterocycles. The van der Waals surface area contributed by atoms with E-state index in [1.54, 1.807) is 23.9 Å². The van der Waals surface area contributed by atoms with Gasteiger partial charge in [-0.2, -0.15) is 0 Å². The summed E-state index contributed by atoms with van der Waals surface area (Å²) in [5.41, 5.74) is 2.44. The van der Waals surface area contributed by atoms with Gasteiger partial charge in [-0.3, -0.25) is 9.79 Å². The molecule has 0 unspecified atom stereocenters. The lowest BCUT2D eigenvalue weighted by Gasteiger charge is -2.11. The predicted molar refractivity (Wildman–Crippen MR) is 99.1 cm³/mol. The maximum atomic E-state index is 12.0. The number of rotatable bonds is 7. The molecule has 3 N–H and O–H groups in total. The average molecular weight is 367 g/mol. The van der Waals surface area contributed by atoms with E-state index in [1.807, 2.05) is 13.1 Å². The molecule has 130 valence electrons. The van der Waals surface area contributed by atoms with E-state index < -0.39 is 0 Å². The fourth-order valence-electron chi connectivity index (χ4n) is 1.98. The summed E-state index contributed by atoms with van der Waals surface area (Å²) in [7, 11) is 1.72. The first-order valence-electron chi connectivity index (χ1n) is 7.64. The molecule has 0 aliphatic carbocycles. The highest BCUT2D eigenvalue weighted by Crippen LogP contribution is 2.11. The second-order valence-electron chi connectivity index (χ2n) is 5.06. The number of nitrogens with one attached hydrogen (secondary N) is 3. The lowest BCUT2D eigenvalue weighted by molar-refractivity contribution is 0.0957. The van der Waals surface area contributed by atoms with Crippen LogP contribution in [0.4, 0.5) is 0 Å². The van der Waals surface area contributed by atoms with Gasteiger partial charge in [-0.05, 0) is 13.8 Å². The summed E-state index contributed by atoms with van der Waals surface area (Å²) in [5.74, 6) is 0.630. The van der Waals surface area contributed by atoms with E-state index >= 15 is 0 Å². The Labute approximate surface area is 149 Å². The van der Waals surface area contributed by atoms with Crippen molar-refractivity contribution in [3.8, 4) is 0 Å². The van der Waals surface area contributed by atoms with Crippen molar-refractivity contribution in [1.29, 1.82) is 0 Å². The summed E-state index contributed by atoms with van der Waals surface area (Å²) >= 11 is 3.06. The van der Waals surface area contributed by atoms with Gasteiger partial charge in [-0.15, -0.1) is 22.7 Å². The zero-order valence-electron chi connectivity index (χ0n) is 14.0. The van der Waals surface area contributed by atoms with Crippen LogP contribution in [-0.2, 0) is 6.42 Å². The molecule has 0 radical (unpaired) electrons. The molecule has 2 heterocycles. The number of hydrogen-bond acceptors (Lipinski definition) is 6. The molecule has 2 aromatic heterocycles. The van der Waals surface area contributed by atoms with Crippen LogP contribution in [0.5, 0.6) is 0 Å². The molecule has 0 spiro atoms. The molecule has 0 fully saturated rings. The molecule has 24 heavy (non-hydrogen) atoms. The van der Waals surface area contributed by atoms with Crippen molar-refractivity contribution in [3.05, 3.63) is 32.2 Å². The van der Waals surface area contributed by atoms with Crippen LogP contribution in [0, 0.1) is 13.8 Å². The van der Waals surface area contributed by atoms with Crippen LogP contribution in [0.1, 0.15) is 25.3 Å². The highest BCUT2D eigenvalue weighted by molar-refractivity contribution is 7.12. The minimum atomic E-state index is -0.0844. The van der Waals surface area contributed by atoms with Crippen LogP contribution >= 0.6 is 22.7 Å². The first kappa shape index (κ1) is 18.3. The molecular formula is C15H22N6OS2. The molecule has 2 rings (SSSR count). The molecule has 1 amide bonds. The molecule has 0 saturated carbocycles. The quantitative estimate of drug-likeness (QED) is 0.391. The zero-order valence-corrected chi connectivity index (χ0v) is 15.7. The third kappa shape index (κ3) is 5.57. The van der Waals surface area contributed by atoms with Gasteiger partial charge in [0.1, 0.15) is 4.88 Å². The molecular weight excluding hydrogens is 344 g/mol. The minimum Gasteiger partial charge on any atom is -0.356 e. The summed E-state index contributed by atoms with van der Waals surface area (Å²) in [6.45, 7) is 5.76.